The zero-order valence-electron chi connectivity index (χ0n) is 34.3. The third kappa shape index (κ3) is 34.3. The number of unbranched alkanes of at least 4 members (excludes halogenated alkanes) is 25. The van der Waals surface area contributed by atoms with Gasteiger partial charge in [0, 0.05) is 0 Å². The molecular weight excluding hydrogens is 647 g/mol. The van der Waals surface area contributed by atoms with Gasteiger partial charge in [-0.1, -0.05) is 192 Å². The zero-order valence-corrected chi connectivity index (χ0v) is 34.3. The van der Waals surface area contributed by atoms with Gasteiger partial charge in [-0.05, 0) is 64.2 Å². The number of rotatable bonds is 40. The summed E-state index contributed by atoms with van der Waals surface area (Å²) in [6.45, 7) is 4.00. The van der Waals surface area contributed by atoms with Gasteiger partial charge in [0.1, 0.15) is 12.2 Å². The van der Waals surface area contributed by atoms with Crippen LogP contribution in [0.4, 0.5) is 0 Å². The maximum Gasteiger partial charge on any atom is 0.249 e. The van der Waals surface area contributed by atoms with E-state index in [0.717, 1.165) is 51.4 Å². The van der Waals surface area contributed by atoms with E-state index in [1.54, 1.807) is 0 Å². The maximum atomic E-state index is 12.4. The van der Waals surface area contributed by atoms with Gasteiger partial charge in [0.15, 0.2) is 0 Å². The van der Waals surface area contributed by atoms with E-state index < -0.39 is 36.9 Å². The molecule has 0 saturated carbocycles. The zero-order chi connectivity index (χ0) is 38.2. The predicted octanol–water partition coefficient (Wildman–Crippen LogP) is 11.7. The SMILES string of the molecule is CCCCCCCCCCCCCCCC/C=C/CC/C=C/CC/C=C/CCCC(O)C(O)C(CO)NC(=O)C(O)CCCCCCCCCCC. The fourth-order valence-electron chi connectivity index (χ4n) is 6.73. The summed E-state index contributed by atoms with van der Waals surface area (Å²) >= 11 is 0. The molecule has 0 rings (SSSR count). The molecule has 0 heterocycles. The Hall–Kier alpha value is -1.47. The first-order chi connectivity index (χ1) is 25.5. The van der Waals surface area contributed by atoms with Crippen molar-refractivity contribution in [1.82, 2.24) is 5.32 Å². The molecule has 0 saturated heterocycles. The van der Waals surface area contributed by atoms with Crippen molar-refractivity contribution in [3.05, 3.63) is 36.5 Å². The van der Waals surface area contributed by atoms with Gasteiger partial charge < -0.3 is 25.7 Å². The average Bonchev–Trinajstić information content (AvgIpc) is 3.15. The highest BCUT2D eigenvalue weighted by atomic mass is 16.3. The molecule has 306 valence electrons. The van der Waals surface area contributed by atoms with Crippen LogP contribution >= 0.6 is 0 Å². The first kappa shape index (κ1) is 50.5. The lowest BCUT2D eigenvalue weighted by molar-refractivity contribution is -0.132. The van der Waals surface area contributed by atoms with E-state index in [2.05, 4.69) is 55.6 Å². The Bertz CT molecular complexity index is 828. The molecule has 0 aliphatic carbocycles. The molecule has 52 heavy (non-hydrogen) atoms. The molecule has 0 aliphatic heterocycles. The normalized spacial score (nSPS) is 14.5. The maximum absolute atomic E-state index is 12.4. The van der Waals surface area contributed by atoms with Crippen LogP contribution in [0.3, 0.4) is 0 Å². The lowest BCUT2D eigenvalue weighted by Crippen LogP contribution is -2.53. The number of nitrogens with one attached hydrogen (secondary N) is 1. The van der Waals surface area contributed by atoms with E-state index in [1.807, 2.05) is 0 Å². The van der Waals surface area contributed by atoms with Crippen LogP contribution in [0.25, 0.3) is 0 Å². The van der Waals surface area contributed by atoms with Crippen LogP contribution in [0.2, 0.25) is 0 Å². The van der Waals surface area contributed by atoms with Crippen LogP contribution in [0.5, 0.6) is 0 Å². The van der Waals surface area contributed by atoms with Crippen molar-refractivity contribution in [2.45, 2.75) is 244 Å². The average molecular weight is 734 g/mol. The van der Waals surface area contributed by atoms with Crippen molar-refractivity contribution in [3.63, 3.8) is 0 Å². The molecule has 0 bridgehead atoms. The lowest BCUT2D eigenvalue weighted by Gasteiger charge is -2.27. The Kier molecular flexibility index (Phi) is 39.6. The number of aliphatic hydroxyl groups excluding tert-OH is 4. The number of hydrogen-bond donors (Lipinski definition) is 5. The molecule has 0 aliphatic rings. The Balaban J connectivity index is 3.74. The van der Waals surface area contributed by atoms with E-state index in [4.69, 9.17) is 0 Å². The van der Waals surface area contributed by atoms with Crippen molar-refractivity contribution < 1.29 is 25.2 Å². The summed E-state index contributed by atoms with van der Waals surface area (Å²) in [6, 6.07) is -1.01. The van der Waals surface area contributed by atoms with E-state index in [9.17, 15) is 25.2 Å². The van der Waals surface area contributed by atoms with Crippen LogP contribution in [-0.2, 0) is 4.79 Å². The van der Waals surface area contributed by atoms with Gasteiger partial charge in [-0.2, -0.15) is 0 Å². The summed E-state index contributed by atoms with van der Waals surface area (Å²) in [4.78, 5) is 12.4. The molecule has 5 N–H and O–H groups in total. The molecule has 0 radical (unpaired) electrons. The second-order valence-corrected chi connectivity index (χ2v) is 15.4. The van der Waals surface area contributed by atoms with Gasteiger partial charge in [0.2, 0.25) is 5.91 Å². The number of amides is 1. The van der Waals surface area contributed by atoms with Crippen LogP contribution < -0.4 is 5.32 Å². The molecule has 1 amide bonds. The highest BCUT2D eigenvalue weighted by Crippen LogP contribution is 2.15. The first-order valence-corrected chi connectivity index (χ1v) is 22.4. The summed E-state index contributed by atoms with van der Waals surface area (Å²) in [5.41, 5.74) is 0. The Morgan fingerprint density at radius 2 is 0.808 bits per heavy atom. The molecule has 0 fully saturated rings. The van der Waals surface area contributed by atoms with Crippen molar-refractivity contribution in [3.8, 4) is 0 Å². The molecule has 4 atom stereocenters. The second kappa shape index (κ2) is 40.7. The predicted molar refractivity (Wildman–Crippen MR) is 224 cm³/mol. The number of aliphatic hydroxyl groups is 4. The Labute approximate surface area is 322 Å². The summed E-state index contributed by atoms with van der Waals surface area (Å²) in [6.07, 6.45) is 47.8. The summed E-state index contributed by atoms with van der Waals surface area (Å²) in [5.74, 6) is -0.603. The minimum absolute atomic E-state index is 0.359. The lowest BCUT2D eigenvalue weighted by atomic mass is 10.00. The molecule has 0 aromatic carbocycles. The molecule has 0 spiro atoms. The number of allylic oxidation sites excluding steroid dienone is 6. The topological polar surface area (TPSA) is 110 Å². The molecule has 4 unspecified atom stereocenters. The van der Waals surface area contributed by atoms with Gasteiger partial charge in [0.05, 0.1) is 18.8 Å². The van der Waals surface area contributed by atoms with Gasteiger partial charge in [-0.25, -0.2) is 0 Å². The molecule has 6 nitrogen and oxygen atoms in total. The van der Waals surface area contributed by atoms with Crippen molar-refractivity contribution in [1.29, 1.82) is 0 Å². The quantitative estimate of drug-likeness (QED) is 0.0318. The summed E-state index contributed by atoms with van der Waals surface area (Å²) in [7, 11) is 0. The van der Waals surface area contributed by atoms with Gasteiger partial charge in [-0.3, -0.25) is 4.79 Å². The van der Waals surface area contributed by atoms with E-state index >= 15 is 0 Å². The smallest absolute Gasteiger partial charge is 0.249 e. The van der Waals surface area contributed by atoms with Crippen molar-refractivity contribution in [2.24, 2.45) is 0 Å². The number of carbonyl (C=O) groups excluding carboxylic acids is 1. The molecule has 0 aromatic rings. The monoisotopic (exact) mass is 734 g/mol. The van der Waals surface area contributed by atoms with Gasteiger partial charge in [0.25, 0.3) is 0 Å². The van der Waals surface area contributed by atoms with E-state index in [-0.39, 0.29) is 0 Å². The third-order valence-electron chi connectivity index (χ3n) is 10.3. The van der Waals surface area contributed by atoms with Crippen molar-refractivity contribution in [2.75, 3.05) is 6.61 Å². The van der Waals surface area contributed by atoms with E-state index in [0.29, 0.717) is 19.3 Å². The van der Waals surface area contributed by atoms with Gasteiger partial charge in [-0.15, -0.1) is 0 Å². The fraction of sp³-hybridized carbons (Fsp3) is 0.848. The highest BCUT2D eigenvalue weighted by Gasteiger charge is 2.28. The molecule has 6 heteroatoms. The third-order valence-corrected chi connectivity index (χ3v) is 10.3. The Morgan fingerprint density at radius 3 is 1.21 bits per heavy atom. The summed E-state index contributed by atoms with van der Waals surface area (Å²) < 4.78 is 0. The highest BCUT2D eigenvalue weighted by molar-refractivity contribution is 5.80. The minimum atomic E-state index is -1.29. The van der Waals surface area contributed by atoms with Crippen LogP contribution in [0.15, 0.2) is 36.5 Å². The van der Waals surface area contributed by atoms with E-state index in [1.165, 1.54) is 135 Å². The van der Waals surface area contributed by atoms with Crippen LogP contribution in [-0.4, -0.2) is 57.3 Å². The number of hydrogen-bond acceptors (Lipinski definition) is 5. The molecule has 0 aromatic heterocycles. The summed E-state index contributed by atoms with van der Waals surface area (Å²) in [5, 5.41) is 43.4. The van der Waals surface area contributed by atoms with Crippen LogP contribution in [0.1, 0.15) is 219 Å². The van der Waals surface area contributed by atoms with Crippen molar-refractivity contribution >= 4 is 5.91 Å². The second-order valence-electron chi connectivity index (χ2n) is 15.4. The standard InChI is InChI=1S/C46H87NO5/c1-3-5-7-9-11-13-14-15-16-17-18-19-20-21-22-23-24-25-26-27-28-29-30-32-33-35-37-39-43(49)45(51)42(41-48)47-46(52)44(50)40-38-36-34-31-12-10-8-6-4-2/h23-24,27-28,32-33,42-45,48-51H,3-22,25-26,29-31,34-41H2,1-2H3,(H,47,52)/b24-23+,28-27+,33-32+. The first-order valence-electron chi connectivity index (χ1n) is 22.4. The largest absolute Gasteiger partial charge is 0.394 e. The molecular formula is C46H87NO5. The minimum Gasteiger partial charge on any atom is -0.394 e. The Morgan fingerprint density at radius 1 is 0.462 bits per heavy atom. The fourth-order valence-corrected chi connectivity index (χ4v) is 6.73. The van der Waals surface area contributed by atoms with Crippen LogP contribution in [0, 0.1) is 0 Å². The number of carbonyl (C=O) groups is 1. The van der Waals surface area contributed by atoms with Gasteiger partial charge >= 0.3 is 0 Å².